The van der Waals surface area contributed by atoms with E-state index in [-0.39, 0.29) is 30.0 Å². The molecule has 0 bridgehead atoms. The monoisotopic (exact) mass is 353 g/mol. The summed E-state index contributed by atoms with van der Waals surface area (Å²) in [5.41, 5.74) is 0.620. The van der Waals surface area contributed by atoms with Gasteiger partial charge in [0.1, 0.15) is 5.82 Å². The molecular formula is C20H26F3NO. The molecule has 0 aliphatic heterocycles. The van der Waals surface area contributed by atoms with Crippen molar-refractivity contribution in [3.05, 3.63) is 35.6 Å². The van der Waals surface area contributed by atoms with E-state index in [9.17, 15) is 18.0 Å². The Kier molecular flexibility index (Phi) is 5.40. The molecule has 138 valence electrons. The van der Waals surface area contributed by atoms with Crippen LogP contribution in [0.5, 0.6) is 0 Å². The molecule has 1 unspecified atom stereocenters. The Hall–Kier alpha value is -1.52. The average molecular weight is 353 g/mol. The Balaban J connectivity index is 1.70. The smallest absolute Gasteiger partial charge is 0.248 e. The summed E-state index contributed by atoms with van der Waals surface area (Å²) in [5, 5.41) is 2.92. The Labute approximate surface area is 147 Å². The molecule has 2 fully saturated rings. The van der Waals surface area contributed by atoms with Gasteiger partial charge in [0.25, 0.3) is 0 Å². The van der Waals surface area contributed by atoms with Crippen LogP contribution in [0, 0.1) is 11.7 Å². The summed E-state index contributed by atoms with van der Waals surface area (Å²) in [6.07, 6.45) is 5.42. The van der Waals surface area contributed by atoms with Crippen molar-refractivity contribution in [3.63, 3.8) is 0 Å². The van der Waals surface area contributed by atoms with Gasteiger partial charge in [0.15, 0.2) is 0 Å². The Morgan fingerprint density at radius 2 is 1.88 bits per heavy atom. The van der Waals surface area contributed by atoms with Gasteiger partial charge in [-0.1, -0.05) is 31.4 Å². The van der Waals surface area contributed by atoms with E-state index in [0.717, 1.165) is 37.7 Å². The zero-order chi connectivity index (χ0) is 17.9. The van der Waals surface area contributed by atoms with Crippen LogP contribution in [0.2, 0.25) is 0 Å². The number of halogens is 3. The van der Waals surface area contributed by atoms with Crippen molar-refractivity contribution in [2.75, 3.05) is 6.54 Å². The van der Waals surface area contributed by atoms with Crippen LogP contribution in [0.3, 0.4) is 0 Å². The first-order chi connectivity index (χ1) is 11.9. The van der Waals surface area contributed by atoms with Crippen LogP contribution in [0.25, 0.3) is 0 Å². The van der Waals surface area contributed by atoms with Crippen molar-refractivity contribution in [1.29, 1.82) is 0 Å². The quantitative estimate of drug-likeness (QED) is 0.814. The number of hydrogen-bond donors (Lipinski definition) is 1. The van der Waals surface area contributed by atoms with E-state index in [1.807, 2.05) is 6.07 Å². The maximum Gasteiger partial charge on any atom is 0.248 e. The molecule has 2 aliphatic carbocycles. The molecule has 2 aliphatic rings. The largest absolute Gasteiger partial charge is 0.355 e. The van der Waals surface area contributed by atoms with Gasteiger partial charge in [0, 0.05) is 30.7 Å². The second-order valence-corrected chi connectivity index (χ2v) is 7.72. The lowest BCUT2D eigenvalue weighted by Gasteiger charge is -2.39. The first kappa shape index (κ1) is 18.3. The Bertz CT molecular complexity index is 611. The van der Waals surface area contributed by atoms with Gasteiger partial charge in [-0.25, -0.2) is 13.2 Å². The summed E-state index contributed by atoms with van der Waals surface area (Å²) in [7, 11) is 0. The van der Waals surface area contributed by atoms with Gasteiger partial charge in [-0.2, -0.15) is 0 Å². The van der Waals surface area contributed by atoms with Gasteiger partial charge >= 0.3 is 0 Å². The Morgan fingerprint density at radius 3 is 2.56 bits per heavy atom. The Morgan fingerprint density at radius 1 is 1.12 bits per heavy atom. The van der Waals surface area contributed by atoms with Crippen LogP contribution in [0.4, 0.5) is 13.2 Å². The molecule has 0 spiro atoms. The van der Waals surface area contributed by atoms with E-state index in [2.05, 4.69) is 5.32 Å². The predicted octanol–water partition coefficient (Wildman–Crippen LogP) is 4.97. The molecule has 2 saturated carbocycles. The van der Waals surface area contributed by atoms with E-state index in [1.165, 1.54) is 6.07 Å². The van der Waals surface area contributed by atoms with Gasteiger partial charge in [-0.15, -0.1) is 0 Å². The second kappa shape index (κ2) is 7.38. The number of carbonyl (C=O) groups excluding carboxylic acids is 1. The van der Waals surface area contributed by atoms with Gasteiger partial charge in [0.2, 0.25) is 11.8 Å². The van der Waals surface area contributed by atoms with E-state index < -0.39 is 11.8 Å². The summed E-state index contributed by atoms with van der Waals surface area (Å²) < 4.78 is 40.8. The van der Waals surface area contributed by atoms with Crippen molar-refractivity contribution in [2.45, 2.75) is 69.1 Å². The van der Waals surface area contributed by atoms with Crippen molar-refractivity contribution in [3.8, 4) is 0 Å². The van der Waals surface area contributed by atoms with Crippen LogP contribution in [-0.4, -0.2) is 18.4 Å². The molecule has 0 saturated heterocycles. The minimum Gasteiger partial charge on any atom is -0.355 e. The number of benzene rings is 1. The van der Waals surface area contributed by atoms with Crippen molar-refractivity contribution in [2.24, 2.45) is 5.92 Å². The first-order valence-corrected chi connectivity index (χ1v) is 9.32. The highest BCUT2D eigenvalue weighted by Gasteiger charge is 2.40. The normalized spacial score (nSPS) is 25.3. The van der Waals surface area contributed by atoms with Crippen molar-refractivity contribution in [1.82, 2.24) is 5.32 Å². The fourth-order valence-electron chi connectivity index (χ4n) is 4.41. The first-order valence-electron chi connectivity index (χ1n) is 9.32. The molecule has 2 nitrogen and oxygen atoms in total. The van der Waals surface area contributed by atoms with Gasteiger partial charge in [0.05, 0.1) is 0 Å². The molecule has 25 heavy (non-hydrogen) atoms. The molecule has 0 aromatic heterocycles. The molecule has 1 aromatic rings. The van der Waals surface area contributed by atoms with Gasteiger partial charge in [-0.05, 0) is 43.4 Å². The number of alkyl halides is 2. The average Bonchev–Trinajstić information content (AvgIpc) is 2.59. The SMILES string of the molecule is O=C(NCC1(c2cccc(F)c2)CCCCC1)C1CCCC(F)(F)C1. The summed E-state index contributed by atoms with van der Waals surface area (Å²) >= 11 is 0. The van der Waals surface area contributed by atoms with Gasteiger partial charge in [-0.3, -0.25) is 4.79 Å². The third-order valence-electron chi connectivity index (χ3n) is 5.86. The maximum atomic E-state index is 13.7. The number of rotatable bonds is 4. The molecule has 0 heterocycles. The lowest BCUT2D eigenvalue weighted by Crippen LogP contribution is -2.45. The van der Waals surface area contributed by atoms with Crippen LogP contribution in [0.1, 0.15) is 63.4 Å². The summed E-state index contributed by atoms with van der Waals surface area (Å²) in [5.74, 6) is -3.90. The van der Waals surface area contributed by atoms with Crippen molar-refractivity contribution < 1.29 is 18.0 Å². The molecule has 3 rings (SSSR count). The van der Waals surface area contributed by atoms with Crippen molar-refractivity contribution >= 4 is 5.91 Å². The minimum atomic E-state index is -2.73. The fraction of sp³-hybridized carbons (Fsp3) is 0.650. The zero-order valence-electron chi connectivity index (χ0n) is 14.5. The highest BCUT2D eigenvalue weighted by molar-refractivity contribution is 5.79. The second-order valence-electron chi connectivity index (χ2n) is 7.72. The third-order valence-corrected chi connectivity index (χ3v) is 5.86. The topological polar surface area (TPSA) is 29.1 Å². The zero-order valence-corrected chi connectivity index (χ0v) is 14.5. The lowest BCUT2D eigenvalue weighted by atomic mass is 9.69. The fourth-order valence-corrected chi connectivity index (χ4v) is 4.41. The third kappa shape index (κ3) is 4.36. The predicted molar refractivity (Wildman–Crippen MR) is 91.1 cm³/mol. The molecule has 1 aromatic carbocycles. The number of nitrogens with one attached hydrogen (secondary N) is 1. The summed E-state index contributed by atoms with van der Waals surface area (Å²) in [6.45, 7) is 0.400. The lowest BCUT2D eigenvalue weighted by molar-refractivity contribution is -0.132. The standard InChI is InChI=1S/C20H26F3NO/c21-17-8-4-7-16(12-17)19(9-2-1-3-10-19)14-24-18(25)15-6-5-11-20(22,23)13-15/h4,7-8,12,15H,1-3,5-6,9-11,13-14H2,(H,24,25). The van der Waals surface area contributed by atoms with Crippen LogP contribution >= 0.6 is 0 Å². The van der Waals surface area contributed by atoms with E-state index in [1.54, 1.807) is 12.1 Å². The highest BCUT2D eigenvalue weighted by atomic mass is 19.3. The highest BCUT2D eigenvalue weighted by Crippen LogP contribution is 2.40. The number of carbonyl (C=O) groups is 1. The molecule has 5 heteroatoms. The van der Waals surface area contributed by atoms with Crippen LogP contribution in [-0.2, 0) is 10.2 Å². The summed E-state index contributed by atoms with van der Waals surface area (Å²) in [6, 6.07) is 6.58. The number of hydrogen-bond acceptors (Lipinski definition) is 1. The number of amides is 1. The van der Waals surface area contributed by atoms with E-state index >= 15 is 0 Å². The maximum absolute atomic E-state index is 13.7. The van der Waals surface area contributed by atoms with Crippen LogP contribution < -0.4 is 5.32 Å². The van der Waals surface area contributed by atoms with Crippen LogP contribution in [0.15, 0.2) is 24.3 Å². The molecule has 1 atom stereocenters. The molecule has 1 amide bonds. The molecular weight excluding hydrogens is 327 g/mol. The van der Waals surface area contributed by atoms with E-state index in [0.29, 0.717) is 19.4 Å². The molecule has 0 radical (unpaired) electrons. The molecule has 1 N–H and O–H groups in total. The van der Waals surface area contributed by atoms with E-state index in [4.69, 9.17) is 0 Å². The van der Waals surface area contributed by atoms with Gasteiger partial charge < -0.3 is 5.32 Å². The minimum absolute atomic E-state index is 0.121. The summed E-state index contributed by atoms with van der Waals surface area (Å²) in [4.78, 5) is 12.5.